The lowest BCUT2D eigenvalue weighted by molar-refractivity contribution is -0.158. The average molecular weight is 486 g/mol. The number of ketones is 1. The molecule has 7 heteroatoms. The number of likely N-dealkylation sites (tertiary alicyclic amines) is 1. The zero-order valence-corrected chi connectivity index (χ0v) is 19.9. The molecule has 7 atom stereocenters. The summed E-state index contributed by atoms with van der Waals surface area (Å²) in [6, 6.07) is 14.6. The van der Waals surface area contributed by atoms with Crippen molar-refractivity contribution >= 4 is 23.6 Å². The van der Waals surface area contributed by atoms with Gasteiger partial charge in [0.15, 0.2) is 12.4 Å². The molecular weight excluding hydrogens is 458 g/mol. The van der Waals surface area contributed by atoms with E-state index in [9.17, 15) is 19.2 Å². The lowest BCUT2D eigenvalue weighted by Gasteiger charge is -2.37. The minimum Gasteiger partial charge on any atom is -0.497 e. The second kappa shape index (κ2) is 8.73. The number of hydrogen-bond donors (Lipinski definition) is 0. The number of rotatable bonds is 8. The number of amides is 2. The molecule has 2 saturated carbocycles. The number of benzene rings is 2. The van der Waals surface area contributed by atoms with E-state index in [0.29, 0.717) is 23.1 Å². The molecule has 0 radical (unpaired) electrons. The topological polar surface area (TPSA) is 90.0 Å². The molecule has 7 rings (SSSR count). The number of Topliss-reactive ketones (excluding diaryl/α,β-unsaturated/α-hetero) is 1. The monoisotopic (exact) mass is 485 g/mol. The molecule has 1 saturated heterocycles. The maximum atomic E-state index is 13.6. The zero-order chi connectivity index (χ0) is 25.0. The second-order valence-electron chi connectivity index (χ2n) is 10.2. The smallest absolute Gasteiger partial charge is 0.330 e. The van der Waals surface area contributed by atoms with Crippen LogP contribution in [0.1, 0.15) is 22.3 Å². The van der Waals surface area contributed by atoms with Gasteiger partial charge in [-0.05, 0) is 59.9 Å². The van der Waals surface area contributed by atoms with Crippen LogP contribution < -0.4 is 4.74 Å². The van der Waals surface area contributed by atoms with Crippen LogP contribution in [0.5, 0.6) is 5.75 Å². The summed E-state index contributed by atoms with van der Waals surface area (Å²) in [5.74, 6) is -0.798. The van der Waals surface area contributed by atoms with Crippen molar-refractivity contribution in [3.63, 3.8) is 0 Å². The van der Waals surface area contributed by atoms with Gasteiger partial charge in [-0.1, -0.05) is 42.5 Å². The van der Waals surface area contributed by atoms with Gasteiger partial charge in [-0.15, -0.1) is 0 Å². The zero-order valence-electron chi connectivity index (χ0n) is 19.9. The van der Waals surface area contributed by atoms with E-state index in [0.717, 1.165) is 16.9 Å². The molecule has 7 nitrogen and oxygen atoms in total. The van der Waals surface area contributed by atoms with E-state index in [1.165, 1.54) is 7.11 Å². The molecule has 0 aromatic heterocycles. The van der Waals surface area contributed by atoms with Crippen LogP contribution in [-0.2, 0) is 25.5 Å². The molecule has 0 spiro atoms. The predicted octanol–water partition coefficient (Wildman–Crippen LogP) is 3.09. The first kappa shape index (κ1) is 22.7. The summed E-state index contributed by atoms with van der Waals surface area (Å²) in [6.45, 7) is -0.476. The van der Waals surface area contributed by atoms with Crippen molar-refractivity contribution in [2.45, 2.75) is 18.9 Å². The fraction of sp³-hybridized carbons (Fsp3) is 0.379. The number of allylic oxidation sites excluding steroid dienone is 2. The van der Waals surface area contributed by atoms with Crippen molar-refractivity contribution in [2.75, 3.05) is 13.7 Å². The maximum absolute atomic E-state index is 13.6. The Morgan fingerprint density at radius 3 is 2.11 bits per heavy atom. The highest BCUT2D eigenvalue weighted by Crippen LogP contribution is 2.65. The molecule has 36 heavy (non-hydrogen) atoms. The molecular formula is C29H27NO6. The van der Waals surface area contributed by atoms with Gasteiger partial charge in [0.05, 0.1) is 18.9 Å². The van der Waals surface area contributed by atoms with Crippen molar-refractivity contribution < 1.29 is 28.7 Å². The third-order valence-corrected chi connectivity index (χ3v) is 8.31. The van der Waals surface area contributed by atoms with Crippen molar-refractivity contribution in [1.82, 2.24) is 4.90 Å². The lowest BCUT2D eigenvalue weighted by Crippen LogP contribution is -2.48. The number of carbonyl (C=O) groups excluding carboxylic acids is 4. The summed E-state index contributed by atoms with van der Waals surface area (Å²) in [7, 11) is 1.53. The Balaban J connectivity index is 1.23. The van der Waals surface area contributed by atoms with Crippen LogP contribution in [0.4, 0.5) is 0 Å². The largest absolute Gasteiger partial charge is 0.497 e. The van der Waals surface area contributed by atoms with Crippen LogP contribution in [0.3, 0.4) is 0 Å². The highest BCUT2D eigenvalue weighted by Gasteiger charge is 2.68. The average Bonchev–Trinajstić information content (AvgIpc) is 3.70. The third kappa shape index (κ3) is 3.65. The molecule has 2 aromatic carbocycles. The van der Waals surface area contributed by atoms with Gasteiger partial charge < -0.3 is 9.47 Å². The molecule has 1 heterocycles. The first-order chi connectivity index (χ1) is 17.5. The van der Waals surface area contributed by atoms with Crippen LogP contribution in [0.15, 0.2) is 66.7 Å². The van der Waals surface area contributed by atoms with Gasteiger partial charge in [-0.2, -0.15) is 0 Å². The Morgan fingerprint density at radius 1 is 0.917 bits per heavy atom. The Kier molecular flexibility index (Phi) is 5.51. The number of nitrogens with zero attached hydrogens (tertiary/aromatic N) is 1. The van der Waals surface area contributed by atoms with E-state index >= 15 is 0 Å². The van der Waals surface area contributed by atoms with Gasteiger partial charge in [0, 0.05) is 12.0 Å². The molecule has 1 aliphatic heterocycles. The summed E-state index contributed by atoms with van der Waals surface area (Å²) in [4.78, 5) is 54.5. The summed E-state index contributed by atoms with van der Waals surface area (Å²) in [5, 5.41) is 0. The Bertz CT molecular complexity index is 1220. The van der Waals surface area contributed by atoms with Gasteiger partial charge in [0.1, 0.15) is 11.8 Å². The summed E-state index contributed by atoms with van der Waals surface area (Å²) in [5.41, 5.74) is 1.18. The Morgan fingerprint density at radius 2 is 1.53 bits per heavy atom. The quantitative estimate of drug-likeness (QED) is 0.247. The van der Waals surface area contributed by atoms with Gasteiger partial charge in [0.2, 0.25) is 11.8 Å². The SMILES string of the molecule is COc1ccc(C(=O)COC(=O)[C@@H](Cc2ccccc2)N2C(=O)[C@H]3[C@@H]4C=C[C@H]([C@H]5C[C@H]45)[C@@H]3C2=O)cc1. The minimum absolute atomic E-state index is 0.0662. The molecule has 4 aliphatic carbocycles. The predicted molar refractivity (Wildman–Crippen MR) is 129 cm³/mol. The van der Waals surface area contributed by atoms with Crippen molar-refractivity contribution in [3.8, 4) is 5.75 Å². The molecule has 2 amide bonds. The number of ether oxygens (including phenoxy) is 2. The molecule has 2 aromatic rings. The molecule has 184 valence electrons. The highest BCUT2D eigenvalue weighted by molar-refractivity contribution is 6.09. The van der Waals surface area contributed by atoms with Crippen LogP contribution in [0, 0.1) is 35.5 Å². The molecule has 3 fully saturated rings. The number of hydrogen-bond acceptors (Lipinski definition) is 6. The first-order valence-electron chi connectivity index (χ1n) is 12.4. The third-order valence-electron chi connectivity index (χ3n) is 8.31. The summed E-state index contributed by atoms with van der Waals surface area (Å²) in [6.07, 6.45) is 5.42. The van der Waals surface area contributed by atoms with Gasteiger partial charge in [-0.25, -0.2) is 4.79 Å². The normalized spacial score (nSPS) is 30.0. The lowest BCUT2D eigenvalue weighted by atomic mass is 9.63. The number of imide groups is 1. The van der Waals surface area contributed by atoms with Crippen molar-refractivity contribution in [2.24, 2.45) is 35.5 Å². The number of carbonyl (C=O) groups is 4. The first-order valence-corrected chi connectivity index (χ1v) is 12.4. The molecule has 2 bridgehead atoms. The van der Waals surface area contributed by atoms with E-state index in [4.69, 9.17) is 9.47 Å². The molecule has 0 N–H and O–H groups in total. The molecule has 5 aliphatic rings. The van der Waals surface area contributed by atoms with Gasteiger partial charge in [0.25, 0.3) is 0 Å². The summed E-state index contributed by atoms with van der Waals surface area (Å²) >= 11 is 0. The van der Waals surface area contributed by atoms with Crippen molar-refractivity contribution in [1.29, 1.82) is 0 Å². The number of esters is 1. The van der Waals surface area contributed by atoms with Crippen LogP contribution in [0.2, 0.25) is 0 Å². The molecule has 0 unspecified atom stereocenters. The fourth-order valence-electron chi connectivity index (χ4n) is 6.50. The van der Waals surface area contributed by atoms with Gasteiger partial charge in [-0.3, -0.25) is 19.3 Å². The van der Waals surface area contributed by atoms with Crippen molar-refractivity contribution in [3.05, 3.63) is 77.9 Å². The minimum atomic E-state index is -1.11. The fourth-order valence-corrected chi connectivity index (χ4v) is 6.50. The van der Waals surface area contributed by atoms with E-state index in [-0.39, 0.29) is 35.9 Å². The highest BCUT2D eigenvalue weighted by atomic mass is 16.5. The maximum Gasteiger partial charge on any atom is 0.330 e. The van der Waals surface area contributed by atoms with E-state index in [2.05, 4.69) is 12.2 Å². The van der Waals surface area contributed by atoms with Crippen LogP contribution in [-0.4, -0.2) is 48.2 Å². The van der Waals surface area contributed by atoms with Crippen LogP contribution in [0.25, 0.3) is 0 Å². The summed E-state index contributed by atoms with van der Waals surface area (Å²) < 4.78 is 10.5. The number of methoxy groups -OCH3 is 1. The Hall–Kier alpha value is -3.74. The van der Waals surface area contributed by atoms with E-state index < -0.39 is 30.5 Å². The van der Waals surface area contributed by atoms with E-state index in [1.807, 2.05) is 30.3 Å². The Labute approximate surface area is 209 Å². The van der Waals surface area contributed by atoms with Gasteiger partial charge >= 0.3 is 5.97 Å². The van der Waals surface area contributed by atoms with E-state index in [1.54, 1.807) is 24.3 Å². The van der Waals surface area contributed by atoms with Crippen LogP contribution >= 0.6 is 0 Å². The second-order valence-corrected chi connectivity index (χ2v) is 10.2. The standard InChI is InChI=1S/C29H27NO6/c1-35-18-9-7-17(8-10-18)24(31)15-36-29(34)23(13-16-5-3-2-4-6-16)30-27(32)25-19-11-12-20(22-14-21(19)22)26(25)28(30)33/h2-12,19-23,25-26H,13-15H2,1H3/t19-,20-,21-,22-,23-,25+,26+/m1/s1.